The zero-order valence-corrected chi connectivity index (χ0v) is 10.6. The number of aromatic nitrogens is 4. The SMILES string of the molecule is Cc1cncc(C(=O)Nc2ccc3[nH]c(=O)[nH]c3c2)n1. The minimum absolute atomic E-state index is 0.243. The number of hydrogen-bond acceptors (Lipinski definition) is 4. The molecule has 3 aromatic rings. The number of rotatable bonds is 2. The molecule has 7 nitrogen and oxygen atoms in total. The van der Waals surface area contributed by atoms with Crippen molar-refractivity contribution in [3.05, 3.63) is 52.5 Å². The Morgan fingerprint density at radius 3 is 2.80 bits per heavy atom. The first-order valence-electron chi connectivity index (χ1n) is 5.94. The summed E-state index contributed by atoms with van der Waals surface area (Å²) >= 11 is 0. The monoisotopic (exact) mass is 269 g/mol. The number of amides is 1. The van der Waals surface area contributed by atoms with Crippen molar-refractivity contribution in [3.63, 3.8) is 0 Å². The van der Waals surface area contributed by atoms with E-state index in [0.717, 1.165) is 0 Å². The van der Waals surface area contributed by atoms with Gasteiger partial charge in [-0.3, -0.25) is 9.78 Å². The third kappa shape index (κ3) is 2.28. The van der Waals surface area contributed by atoms with Crippen LogP contribution in [0.1, 0.15) is 16.2 Å². The number of nitrogens with zero attached hydrogens (tertiary/aromatic N) is 2. The van der Waals surface area contributed by atoms with Gasteiger partial charge in [0.05, 0.1) is 22.9 Å². The van der Waals surface area contributed by atoms with E-state index in [2.05, 4.69) is 25.3 Å². The Balaban J connectivity index is 1.88. The number of aryl methyl sites for hydroxylation is 1. The van der Waals surface area contributed by atoms with Gasteiger partial charge in [-0.1, -0.05) is 0 Å². The van der Waals surface area contributed by atoms with Crippen LogP contribution < -0.4 is 11.0 Å². The number of nitrogens with one attached hydrogen (secondary N) is 3. The molecule has 0 bridgehead atoms. The second-order valence-electron chi connectivity index (χ2n) is 4.34. The fraction of sp³-hybridized carbons (Fsp3) is 0.0769. The van der Waals surface area contributed by atoms with E-state index in [-0.39, 0.29) is 17.3 Å². The molecule has 1 aromatic carbocycles. The highest BCUT2D eigenvalue weighted by molar-refractivity contribution is 6.03. The van der Waals surface area contributed by atoms with E-state index in [4.69, 9.17) is 0 Å². The highest BCUT2D eigenvalue weighted by atomic mass is 16.2. The molecule has 0 aliphatic carbocycles. The summed E-state index contributed by atoms with van der Waals surface area (Å²) in [5, 5.41) is 2.71. The van der Waals surface area contributed by atoms with Crippen LogP contribution in [0.4, 0.5) is 5.69 Å². The van der Waals surface area contributed by atoms with Crippen LogP contribution in [0.3, 0.4) is 0 Å². The average Bonchev–Trinajstić information content (AvgIpc) is 2.78. The van der Waals surface area contributed by atoms with Crippen molar-refractivity contribution in [2.45, 2.75) is 6.92 Å². The first-order chi connectivity index (χ1) is 9.61. The predicted octanol–water partition coefficient (Wildman–Crippen LogP) is 1.21. The van der Waals surface area contributed by atoms with Gasteiger partial charge in [-0.05, 0) is 25.1 Å². The summed E-state index contributed by atoms with van der Waals surface area (Å²) in [6, 6.07) is 5.09. The second-order valence-corrected chi connectivity index (χ2v) is 4.34. The van der Waals surface area contributed by atoms with Gasteiger partial charge in [0.2, 0.25) is 0 Å². The Bertz CT molecular complexity index is 849. The Morgan fingerprint density at radius 2 is 2.00 bits per heavy atom. The van der Waals surface area contributed by atoms with Gasteiger partial charge in [0.15, 0.2) is 0 Å². The summed E-state index contributed by atoms with van der Waals surface area (Å²) in [4.78, 5) is 36.5. The fourth-order valence-corrected chi connectivity index (χ4v) is 1.88. The van der Waals surface area contributed by atoms with Crippen LogP contribution in [0.2, 0.25) is 0 Å². The lowest BCUT2D eigenvalue weighted by atomic mass is 10.2. The van der Waals surface area contributed by atoms with Crippen LogP contribution in [0.5, 0.6) is 0 Å². The maximum atomic E-state index is 12.0. The van der Waals surface area contributed by atoms with Crippen molar-refractivity contribution >= 4 is 22.6 Å². The molecule has 0 spiro atoms. The lowest BCUT2D eigenvalue weighted by molar-refractivity contribution is 0.102. The molecule has 3 rings (SSSR count). The molecule has 7 heteroatoms. The maximum absolute atomic E-state index is 12.0. The molecule has 0 saturated carbocycles. The van der Waals surface area contributed by atoms with Crippen molar-refractivity contribution in [2.24, 2.45) is 0 Å². The van der Waals surface area contributed by atoms with Gasteiger partial charge in [-0.25, -0.2) is 9.78 Å². The Hall–Kier alpha value is -2.96. The zero-order valence-electron chi connectivity index (χ0n) is 10.6. The minimum atomic E-state index is -0.349. The molecule has 0 radical (unpaired) electrons. The number of H-pyrrole nitrogens is 2. The molecule has 2 aromatic heterocycles. The molecule has 0 saturated heterocycles. The van der Waals surface area contributed by atoms with Gasteiger partial charge >= 0.3 is 5.69 Å². The van der Waals surface area contributed by atoms with Crippen molar-refractivity contribution in [1.29, 1.82) is 0 Å². The van der Waals surface area contributed by atoms with Crippen molar-refractivity contribution in [1.82, 2.24) is 19.9 Å². The van der Waals surface area contributed by atoms with Gasteiger partial charge in [0.1, 0.15) is 5.69 Å². The molecule has 3 N–H and O–H groups in total. The summed E-state index contributed by atoms with van der Waals surface area (Å²) in [7, 11) is 0. The number of aromatic amines is 2. The molecule has 100 valence electrons. The average molecular weight is 269 g/mol. The third-order valence-corrected chi connectivity index (χ3v) is 2.76. The molecule has 0 aliphatic rings. The predicted molar refractivity (Wildman–Crippen MR) is 73.6 cm³/mol. The van der Waals surface area contributed by atoms with E-state index in [1.165, 1.54) is 6.20 Å². The molecule has 0 aliphatic heterocycles. The number of imidazole rings is 1. The van der Waals surface area contributed by atoms with E-state index < -0.39 is 0 Å². The summed E-state index contributed by atoms with van der Waals surface area (Å²) < 4.78 is 0. The quantitative estimate of drug-likeness (QED) is 0.650. The smallest absolute Gasteiger partial charge is 0.321 e. The largest absolute Gasteiger partial charge is 0.323 e. The molecule has 1 amide bonds. The summed E-state index contributed by atoms with van der Waals surface area (Å²) in [6.45, 7) is 1.76. The van der Waals surface area contributed by atoms with Gasteiger partial charge in [-0.2, -0.15) is 0 Å². The summed E-state index contributed by atoms with van der Waals surface area (Å²) in [5.74, 6) is -0.349. The summed E-state index contributed by atoms with van der Waals surface area (Å²) in [6.07, 6.45) is 2.98. The van der Waals surface area contributed by atoms with Gasteiger partial charge < -0.3 is 15.3 Å². The number of fused-ring (bicyclic) bond motifs is 1. The Kier molecular flexibility index (Phi) is 2.79. The van der Waals surface area contributed by atoms with E-state index in [9.17, 15) is 9.59 Å². The number of anilines is 1. The highest BCUT2D eigenvalue weighted by Gasteiger charge is 2.09. The topological polar surface area (TPSA) is 104 Å². The molecule has 2 heterocycles. The van der Waals surface area contributed by atoms with Crippen LogP contribution in [-0.2, 0) is 0 Å². The van der Waals surface area contributed by atoms with Gasteiger partial charge in [0.25, 0.3) is 5.91 Å². The first kappa shape index (κ1) is 12.1. The van der Waals surface area contributed by atoms with Crippen LogP contribution in [0.15, 0.2) is 35.4 Å². The first-order valence-corrected chi connectivity index (χ1v) is 5.94. The molecule has 0 unspecified atom stereocenters. The summed E-state index contributed by atoms with van der Waals surface area (Å²) in [5.41, 5.74) is 2.51. The third-order valence-electron chi connectivity index (χ3n) is 2.76. The lowest BCUT2D eigenvalue weighted by Crippen LogP contribution is -2.14. The van der Waals surface area contributed by atoms with Crippen LogP contribution in [0.25, 0.3) is 11.0 Å². The van der Waals surface area contributed by atoms with E-state index in [1.54, 1.807) is 31.3 Å². The van der Waals surface area contributed by atoms with Gasteiger partial charge in [0, 0.05) is 11.9 Å². The molecule has 0 atom stereocenters. The lowest BCUT2D eigenvalue weighted by Gasteiger charge is -2.04. The number of carbonyl (C=O) groups excluding carboxylic acids is 1. The van der Waals surface area contributed by atoms with Crippen LogP contribution in [-0.4, -0.2) is 25.8 Å². The standard InChI is InChI=1S/C13H11N5O2/c1-7-5-14-6-11(15-7)12(19)16-8-2-3-9-10(4-8)18-13(20)17-9/h2-6H,1H3,(H,16,19)(H2,17,18,20). The maximum Gasteiger partial charge on any atom is 0.323 e. The fourth-order valence-electron chi connectivity index (χ4n) is 1.88. The molecule has 20 heavy (non-hydrogen) atoms. The molecule has 0 fully saturated rings. The number of carbonyl (C=O) groups is 1. The van der Waals surface area contributed by atoms with Crippen molar-refractivity contribution in [3.8, 4) is 0 Å². The van der Waals surface area contributed by atoms with Crippen molar-refractivity contribution in [2.75, 3.05) is 5.32 Å². The van der Waals surface area contributed by atoms with Crippen LogP contribution >= 0.6 is 0 Å². The number of benzene rings is 1. The van der Waals surface area contributed by atoms with E-state index >= 15 is 0 Å². The molecular formula is C13H11N5O2. The van der Waals surface area contributed by atoms with E-state index in [1.807, 2.05) is 0 Å². The van der Waals surface area contributed by atoms with E-state index in [0.29, 0.717) is 22.4 Å². The highest BCUT2D eigenvalue weighted by Crippen LogP contribution is 2.15. The normalized spacial score (nSPS) is 10.7. The minimum Gasteiger partial charge on any atom is -0.321 e. The Labute approximate surface area is 113 Å². The number of hydrogen-bond donors (Lipinski definition) is 3. The Morgan fingerprint density at radius 1 is 1.20 bits per heavy atom. The molecular weight excluding hydrogens is 258 g/mol. The van der Waals surface area contributed by atoms with Crippen molar-refractivity contribution < 1.29 is 4.79 Å². The zero-order chi connectivity index (χ0) is 14.1. The van der Waals surface area contributed by atoms with Gasteiger partial charge in [-0.15, -0.1) is 0 Å². The second kappa shape index (κ2) is 4.61. The van der Waals surface area contributed by atoms with Crippen LogP contribution in [0, 0.1) is 6.92 Å².